The fourth-order valence-electron chi connectivity index (χ4n) is 2.06. The molecule has 2 N–H and O–H groups in total. The average Bonchev–Trinajstić information content (AvgIpc) is 2.28. The number of hydrogen-bond acceptors (Lipinski definition) is 3. The summed E-state index contributed by atoms with van der Waals surface area (Å²) in [6.45, 7) is 6.03. The number of nitrogens with two attached hydrogens (primary N) is 1. The number of rotatable bonds is 3. The third-order valence-electron chi connectivity index (χ3n) is 3.00. The van der Waals surface area contributed by atoms with Crippen molar-refractivity contribution in [1.82, 2.24) is 9.97 Å². The number of aryl methyl sites for hydroxylation is 2. The summed E-state index contributed by atoms with van der Waals surface area (Å²) in [5.41, 5.74) is 10.3. The first-order valence-electron chi connectivity index (χ1n) is 6.20. The minimum Gasteiger partial charge on any atom is -0.324 e. The molecule has 3 heteroatoms. The van der Waals surface area contributed by atoms with E-state index in [1.165, 1.54) is 11.1 Å². The molecule has 1 aromatic carbocycles. The van der Waals surface area contributed by atoms with Crippen LogP contribution < -0.4 is 5.73 Å². The van der Waals surface area contributed by atoms with Crippen LogP contribution in [0.2, 0.25) is 0 Å². The van der Waals surface area contributed by atoms with Crippen LogP contribution in [0.1, 0.15) is 41.2 Å². The molecule has 0 saturated carbocycles. The fraction of sp³-hybridized carbons (Fsp3) is 0.333. The zero-order valence-corrected chi connectivity index (χ0v) is 11.1. The van der Waals surface area contributed by atoms with Gasteiger partial charge in [0, 0.05) is 29.9 Å². The zero-order valence-electron chi connectivity index (χ0n) is 11.1. The molecule has 0 radical (unpaired) electrons. The summed E-state index contributed by atoms with van der Waals surface area (Å²) >= 11 is 0. The second kappa shape index (κ2) is 5.27. The lowest BCUT2D eigenvalue weighted by Gasteiger charge is -2.09. The summed E-state index contributed by atoms with van der Waals surface area (Å²) in [4.78, 5) is 8.92. The van der Waals surface area contributed by atoms with Crippen LogP contribution in [0, 0.1) is 13.8 Å². The van der Waals surface area contributed by atoms with Crippen LogP contribution in [-0.2, 0) is 6.42 Å². The van der Waals surface area contributed by atoms with Gasteiger partial charge in [-0.1, -0.05) is 29.8 Å². The standard InChI is InChI=1S/C15H19N3/c1-10-5-4-6-13(7-10)8-15-17-9-14(11(2)16)12(3)18-15/h4-7,9,11H,8,16H2,1-3H3. The number of nitrogens with zero attached hydrogens (tertiary/aromatic N) is 2. The van der Waals surface area contributed by atoms with Gasteiger partial charge in [-0.25, -0.2) is 9.97 Å². The van der Waals surface area contributed by atoms with E-state index in [9.17, 15) is 0 Å². The van der Waals surface area contributed by atoms with Crippen LogP contribution in [0.4, 0.5) is 0 Å². The predicted octanol–water partition coefficient (Wildman–Crippen LogP) is 2.70. The monoisotopic (exact) mass is 241 g/mol. The van der Waals surface area contributed by atoms with E-state index in [-0.39, 0.29) is 6.04 Å². The molecule has 1 atom stereocenters. The van der Waals surface area contributed by atoms with E-state index >= 15 is 0 Å². The maximum atomic E-state index is 5.86. The highest BCUT2D eigenvalue weighted by Crippen LogP contribution is 2.14. The molecule has 0 spiro atoms. The quantitative estimate of drug-likeness (QED) is 0.899. The van der Waals surface area contributed by atoms with Crippen molar-refractivity contribution in [2.24, 2.45) is 5.73 Å². The third kappa shape index (κ3) is 2.93. The largest absolute Gasteiger partial charge is 0.324 e. The lowest BCUT2D eigenvalue weighted by Crippen LogP contribution is -2.10. The lowest BCUT2D eigenvalue weighted by molar-refractivity contribution is 0.776. The van der Waals surface area contributed by atoms with E-state index in [0.29, 0.717) is 0 Å². The maximum absolute atomic E-state index is 5.86. The van der Waals surface area contributed by atoms with Gasteiger partial charge < -0.3 is 5.73 Å². The van der Waals surface area contributed by atoms with Crippen molar-refractivity contribution < 1.29 is 0 Å². The summed E-state index contributed by atoms with van der Waals surface area (Å²) in [6, 6.07) is 8.41. The van der Waals surface area contributed by atoms with Gasteiger partial charge in [0.2, 0.25) is 0 Å². The molecule has 0 aliphatic carbocycles. The van der Waals surface area contributed by atoms with Gasteiger partial charge in [-0.05, 0) is 26.3 Å². The Morgan fingerprint density at radius 1 is 1.28 bits per heavy atom. The molecule has 18 heavy (non-hydrogen) atoms. The summed E-state index contributed by atoms with van der Waals surface area (Å²) in [5, 5.41) is 0. The van der Waals surface area contributed by atoms with Crippen LogP contribution in [0.5, 0.6) is 0 Å². The highest BCUT2D eigenvalue weighted by molar-refractivity contribution is 5.26. The van der Waals surface area contributed by atoms with E-state index < -0.39 is 0 Å². The van der Waals surface area contributed by atoms with Crippen molar-refractivity contribution in [1.29, 1.82) is 0 Å². The first-order valence-corrected chi connectivity index (χ1v) is 6.20. The third-order valence-corrected chi connectivity index (χ3v) is 3.00. The molecular weight excluding hydrogens is 222 g/mol. The van der Waals surface area contributed by atoms with Crippen LogP contribution in [-0.4, -0.2) is 9.97 Å². The first-order chi connectivity index (χ1) is 8.56. The Morgan fingerprint density at radius 2 is 2.06 bits per heavy atom. The Hall–Kier alpha value is -1.74. The smallest absolute Gasteiger partial charge is 0.132 e. The Labute approximate surface area is 108 Å². The Balaban J connectivity index is 2.23. The molecule has 1 heterocycles. The molecule has 0 amide bonds. The summed E-state index contributed by atoms with van der Waals surface area (Å²) in [6.07, 6.45) is 2.61. The molecule has 2 aromatic rings. The van der Waals surface area contributed by atoms with Crippen molar-refractivity contribution in [2.75, 3.05) is 0 Å². The molecule has 3 nitrogen and oxygen atoms in total. The van der Waals surface area contributed by atoms with Gasteiger partial charge in [-0.3, -0.25) is 0 Å². The molecule has 0 saturated heterocycles. The minimum atomic E-state index is -0.0157. The van der Waals surface area contributed by atoms with E-state index in [4.69, 9.17) is 5.73 Å². The first kappa shape index (κ1) is 12.7. The molecule has 0 bridgehead atoms. The second-order valence-corrected chi connectivity index (χ2v) is 4.78. The molecule has 1 unspecified atom stereocenters. The average molecular weight is 241 g/mol. The normalized spacial score (nSPS) is 12.4. The van der Waals surface area contributed by atoms with Gasteiger partial charge in [-0.2, -0.15) is 0 Å². The van der Waals surface area contributed by atoms with Gasteiger partial charge in [0.1, 0.15) is 5.82 Å². The topological polar surface area (TPSA) is 51.8 Å². The van der Waals surface area contributed by atoms with Crippen molar-refractivity contribution in [3.63, 3.8) is 0 Å². The van der Waals surface area contributed by atoms with Gasteiger partial charge in [-0.15, -0.1) is 0 Å². The van der Waals surface area contributed by atoms with E-state index in [1.54, 1.807) is 0 Å². The molecule has 0 aliphatic rings. The number of hydrogen-bond donors (Lipinski definition) is 1. The SMILES string of the molecule is Cc1cccc(Cc2ncc(C(C)N)c(C)n2)c1. The Morgan fingerprint density at radius 3 is 2.67 bits per heavy atom. The minimum absolute atomic E-state index is 0.0157. The predicted molar refractivity (Wildman–Crippen MR) is 73.4 cm³/mol. The highest BCUT2D eigenvalue weighted by atomic mass is 14.9. The van der Waals surface area contributed by atoms with E-state index in [0.717, 1.165) is 23.5 Å². The summed E-state index contributed by atoms with van der Waals surface area (Å²) in [7, 11) is 0. The van der Waals surface area contributed by atoms with Crippen LogP contribution in [0.25, 0.3) is 0 Å². The Kier molecular flexibility index (Phi) is 3.72. The Bertz CT molecular complexity index is 547. The molecule has 1 aromatic heterocycles. The highest BCUT2D eigenvalue weighted by Gasteiger charge is 2.07. The molecule has 0 aliphatic heterocycles. The number of aromatic nitrogens is 2. The van der Waals surface area contributed by atoms with Gasteiger partial charge in [0.15, 0.2) is 0 Å². The second-order valence-electron chi connectivity index (χ2n) is 4.78. The van der Waals surface area contributed by atoms with Crippen LogP contribution in [0.3, 0.4) is 0 Å². The van der Waals surface area contributed by atoms with Gasteiger partial charge >= 0.3 is 0 Å². The maximum Gasteiger partial charge on any atom is 0.132 e. The van der Waals surface area contributed by atoms with Crippen molar-refractivity contribution in [2.45, 2.75) is 33.2 Å². The lowest BCUT2D eigenvalue weighted by atomic mass is 10.1. The zero-order chi connectivity index (χ0) is 13.1. The van der Waals surface area contributed by atoms with Gasteiger partial charge in [0.25, 0.3) is 0 Å². The van der Waals surface area contributed by atoms with Crippen LogP contribution in [0.15, 0.2) is 30.5 Å². The molecule has 94 valence electrons. The van der Waals surface area contributed by atoms with E-state index in [1.807, 2.05) is 20.0 Å². The summed E-state index contributed by atoms with van der Waals surface area (Å²) < 4.78 is 0. The fourth-order valence-corrected chi connectivity index (χ4v) is 2.06. The molecule has 2 rings (SSSR count). The van der Waals surface area contributed by atoms with Gasteiger partial charge in [0.05, 0.1) is 0 Å². The van der Waals surface area contributed by atoms with Crippen molar-refractivity contribution in [3.8, 4) is 0 Å². The van der Waals surface area contributed by atoms with Crippen molar-refractivity contribution >= 4 is 0 Å². The van der Waals surface area contributed by atoms with E-state index in [2.05, 4.69) is 41.2 Å². The molecular formula is C15H19N3. The summed E-state index contributed by atoms with van der Waals surface area (Å²) in [5.74, 6) is 0.850. The molecule has 0 fully saturated rings. The van der Waals surface area contributed by atoms with Crippen molar-refractivity contribution in [3.05, 3.63) is 58.7 Å². The van der Waals surface area contributed by atoms with Crippen LogP contribution >= 0.6 is 0 Å². The number of benzene rings is 1.